The highest BCUT2D eigenvalue weighted by Crippen LogP contribution is 2.42. The second kappa shape index (κ2) is 6.88. The molecule has 26 heavy (non-hydrogen) atoms. The summed E-state index contributed by atoms with van der Waals surface area (Å²) in [6.07, 6.45) is -3.32. The molecule has 0 aliphatic carbocycles. The Morgan fingerprint density at radius 1 is 0.962 bits per heavy atom. The van der Waals surface area contributed by atoms with E-state index in [4.69, 9.17) is 12.2 Å². The van der Waals surface area contributed by atoms with Crippen molar-refractivity contribution in [1.29, 1.82) is 0 Å². The monoisotopic (exact) mass is 432 g/mol. The van der Waals surface area contributed by atoms with Gasteiger partial charge in [-0.15, -0.1) is 0 Å². The van der Waals surface area contributed by atoms with Crippen LogP contribution in [0.5, 0.6) is 0 Å². The molecule has 3 rings (SSSR count). The van der Waals surface area contributed by atoms with E-state index in [-0.39, 0.29) is 4.90 Å². The fourth-order valence-corrected chi connectivity index (χ4v) is 5.95. The zero-order chi connectivity index (χ0) is 19.1. The molecule has 0 fully saturated rings. The van der Waals surface area contributed by atoms with Gasteiger partial charge in [0.2, 0.25) is 0 Å². The van der Waals surface area contributed by atoms with Crippen LogP contribution in [-0.4, -0.2) is 14.7 Å². The fraction of sp³-hybridized carbons (Fsp3) is 0.118. The number of halogens is 3. The maximum atomic E-state index is 13.0. The molecule has 0 N–H and O–H groups in total. The minimum absolute atomic E-state index is 0.181. The Bertz CT molecular complexity index is 1110. The van der Waals surface area contributed by atoms with Gasteiger partial charge < -0.3 is 0 Å². The van der Waals surface area contributed by atoms with Crippen molar-refractivity contribution in [2.45, 2.75) is 11.1 Å². The van der Waals surface area contributed by atoms with Gasteiger partial charge in [-0.3, -0.25) is 0 Å². The summed E-state index contributed by atoms with van der Waals surface area (Å²) in [4.78, 5) is 0.903. The molecule has 1 aromatic heterocycles. The van der Waals surface area contributed by atoms with Crippen molar-refractivity contribution in [1.82, 2.24) is 0 Å². The molecule has 1 heterocycles. The Balaban J connectivity index is 2.13. The quantitative estimate of drug-likeness (QED) is 0.360. The van der Waals surface area contributed by atoms with Gasteiger partial charge >= 0.3 is 6.18 Å². The molecule has 0 spiro atoms. The molecule has 0 unspecified atom stereocenters. The molecule has 0 bridgehead atoms. The van der Waals surface area contributed by atoms with Gasteiger partial charge in [0.05, 0.1) is 15.3 Å². The summed E-state index contributed by atoms with van der Waals surface area (Å²) in [6.45, 7) is 0. The summed E-state index contributed by atoms with van der Waals surface area (Å²) in [6, 6.07) is 11.3. The van der Waals surface area contributed by atoms with Crippen LogP contribution in [-0.2, 0) is 16.0 Å². The maximum absolute atomic E-state index is 13.0. The van der Waals surface area contributed by atoms with E-state index in [1.807, 2.05) is 0 Å². The summed E-state index contributed by atoms with van der Waals surface area (Å²) < 4.78 is 62.7. The highest BCUT2D eigenvalue weighted by molar-refractivity contribution is 7.90. The summed E-state index contributed by atoms with van der Waals surface area (Å²) in [7, 11) is -0.662. The SMILES string of the molecule is CS(=O)(=O)c1ccc(-c2ssc(=S)c2-c2cccc(C(F)(F)F)c2)cc1. The zero-order valence-corrected chi connectivity index (χ0v) is 16.5. The van der Waals surface area contributed by atoms with Crippen LogP contribution in [0.15, 0.2) is 53.4 Å². The molecule has 0 atom stereocenters. The van der Waals surface area contributed by atoms with Crippen LogP contribution in [0, 0.1) is 3.82 Å². The molecule has 2 aromatic carbocycles. The van der Waals surface area contributed by atoms with Crippen LogP contribution in [0.4, 0.5) is 13.2 Å². The lowest BCUT2D eigenvalue weighted by atomic mass is 10.0. The van der Waals surface area contributed by atoms with E-state index in [1.54, 1.807) is 18.2 Å². The van der Waals surface area contributed by atoms with Crippen molar-refractivity contribution in [2.24, 2.45) is 0 Å². The van der Waals surface area contributed by atoms with Gasteiger partial charge in [0, 0.05) is 11.8 Å². The van der Waals surface area contributed by atoms with Gasteiger partial charge in [0.25, 0.3) is 0 Å². The molecule has 0 saturated carbocycles. The van der Waals surface area contributed by atoms with Crippen LogP contribution >= 0.6 is 32.9 Å². The highest BCUT2D eigenvalue weighted by atomic mass is 32.9. The van der Waals surface area contributed by atoms with Gasteiger partial charge in [0.15, 0.2) is 9.84 Å². The Kier molecular flexibility index (Phi) is 5.08. The third-order valence-electron chi connectivity index (χ3n) is 3.66. The van der Waals surface area contributed by atoms with Crippen molar-refractivity contribution in [3.05, 3.63) is 57.9 Å². The van der Waals surface area contributed by atoms with Crippen LogP contribution < -0.4 is 0 Å². The topological polar surface area (TPSA) is 34.1 Å². The average Bonchev–Trinajstić information content (AvgIpc) is 2.95. The number of rotatable bonds is 3. The van der Waals surface area contributed by atoms with E-state index < -0.39 is 21.6 Å². The summed E-state index contributed by atoms with van der Waals surface area (Å²) in [5.41, 5.74) is 0.929. The lowest BCUT2D eigenvalue weighted by Crippen LogP contribution is -2.04. The Morgan fingerprint density at radius 3 is 2.19 bits per heavy atom. The second-order valence-corrected chi connectivity index (χ2v) is 10.4. The molecular weight excluding hydrogens is 421 g/mol. The predicted octanol–water partition coefficient (Wildman–Crippen LogP) is 6.30. The largest absolute Gasteiger partial charge is 0.416 e. The Hall–Kier alpha value is -1.55. The third kappa shape index (κ3) is 3.90. The molecule has 136 valence electrons. The molecule has 3 aromatic rings. The third-order valence-corrected chi connectivity index (χ3v) is 7.85. The van der Waals surface area contributed by atoms with E-state index in [2.05, 4.69) is 0 Å². The highest BCUT2D eigenvalue weighted by Gasteiger charge is 2.30. The average molecular weight is 433 g/mol. The first-order chi connectivity index (χ1) is 12.1. The van der Waals surface area contributed by atoms with Crippen LogP contribution in [0.25, 0.3) is 21.6 Å². The van der Waals surface area contributed by atoms with Gasteiger partial charge in [-0.25, -0.2) is 8.42 Å². The molecule has 2 nitrogen and oxygen atoms in total. The van der Waals surface area contributed by atoms with Crippen molar-refractivity contribution in [3.8, 4) is 21.6 Å². The van der Waals surface area contributed by atoms with Gasteiger partial charge in [-0.05, 0) is 35.4 Å². The smallest absolute Gasteiger partial charge is 0.224 e. The summed E-state index contributed by atoms with van der Waals surface area (Å²) in [5.74, 6) is 0. The van der Waals surface area contributed by atoms with Gasteiger partial charge in [-0.1, -0.05) is 57.2 Å². The minimum atomic E-state index is -4.44. The lowest BCUT2D eigenvalue weighted by Gasteiger charge is -2.09. The molecule has 0 amide bonds. The number of hydrogen-bond donors (Lipinski definition) is 0. The first-order valence-electron chi connectivity index (χ1n) is 7.18. The molecule has 0 aliphatic rings. The van der Waals surface area contributed by atoms with Crippen LogP contribution in [0.1, 0.15) is 5.56 Å². The van der Waals surface area contributed by atoms with E-state index in [0.717, 1.165) is 23.3 Å². The predicted molar refractivity (Wildman–Crippen MR) is 102 cm³/mol. The molecule has 9 heteroatoms. The first-order valence-corrected chi connectivity index (χ1v) is 11.6. The number of hydrogen-bond acceptors (Lipinski definition) is 5. The zero-order valence-electron chi connectivity index (χ0n) is 13.2. The van der Waals surface area contributed by atoms with Crippen LogP contribution in [0.2, 0.25) is 0 Å². The summed E-state index contributed by atoms with van der Waals surface area (Å²) in [5, 5.41) is 0. The minimum Gasteiger partial charge on any atom is -0.224 e. The standard InChI is InChI=1S/C17H11F3O2S4/c1-26(21,22)13-7-5-10(6-8-13)15-14(16(23)25-24-15)11-3-2-4-12(9-11)17(18,19)20/h2-9H,1H3. The normalized spacial score (nSPS) is 12.3. The van der Waals surface area contributed by atoms with E-state index in [0.29, 0.717) is 20.5 Å². The Morgan fingerprint density at radius 2 is 1.62 bits per heavy atom. The van der Waals surface area contributed by atoms with Crippen molar-refractivity contribution < 1.29 is 21.6 Å². The fourth-order valence-electron chi connectivity index (χ4n) is 2.40. The summed E-state index contributed by atoms with van der Waals surface area (Å²) >= 11 is 5.33. The molecular formula is C17H11F3O2S4. The van der Waals surface area contributed by atoms with Crippen molar-refractivity contribution in [3.63, 3.8) is 0 Å². The Labute approximate surface area is 160 Å². The van der Waals surface area contributed by atoms with E-state index in [9.17, 15) is 21.6 Å². The van der Waals surface area contributed by atoms with Crippen LogP contribution in [0.3, 0.4) is 0 Å². The second-order valence-electron chi connectivity index (χ2n) is 5.53. The van der Waals surface area contributed by atoms with Crippen molar-refractivity contribution in [2.75, 3.05) is 6.26 Å². The van der Waals surface area contributed by atoms with Crippen molar-refractivity contribution >= 4 is 42.7 Å². The number of alkyl halides is 3. The first kappa shape index (κ1) is 19.2. The van der Waals surface area contributed by atoms with E-state index >= 15 is 0 Å². The lowest BCUT2D eigenvalue weighted by molar-refractivity contribution is -0.137. The molecule has 0 radical (unpaired) electrons. The van der Waals surface area contributed by atoms with Gasteiger partial charge in [-0.2, -0.15) is 13.2 Å². The number of benzene rings is 2. The maximum Gasteiger partial charge on any atom is 0.416 e. The van der Waals surface area contributed by atoms with Gasteiger partial charge in [0.1, 0.15) is 3.82 Å². The molecule has 0 aliphatic heterocycles. The number of sulfone groups is 1. The molecule has 0 saturated heterocycles. The van der Waals surface area contributed by atoms with E-state index in [1.165, 1.54) is 38.9 Å².